The minimum atomic E-state index is 0.484. The third kappa shape index (κ3) is 3.07. The van der Waals surface area contributed by atoms with Gasteiger partial charge in [0.15, 0.2) is 0 Å². The fourth-order valence-corrected chi connectivity index (χ4v) is 1.86. The van der Waals surface area contributed by atoms with Crippen LogP contribution in [0.1, 0.15) is 42.1 Å². The van der Waals surface area contributed by atoms with Gasteiger partial charge in [-0.3, -0.25) is 0 Å². The van der Waals surface area contributed by atoms with Gasteiger partial charge >= 0.3 is 0 Å². The third-order valence-electron chi connectivity index (χ3n) is 3.18. The molecule has 20 heavy (non-hydrogen) atoms. The largest absolute Gasteiger partial charge is 0.444 e. The maximum absolute atomic E-state index is 5.92. The number of anilines is 2. The Kier molecular flexibility index (Phi) is 4.22. The number of rotatable bonds is 5. The Labute approximate surface area is 118 Å². The van der Waals surface area contributed by atoms with Crippen LogP contribution in [0.2, 0.25) is 0 Å². The summed E-state index contributed by atoms with van der Waals surface area (Å²) in [5, 5.41) is 3.22. The van der Waals surface area contributed by atoms with Crippen LogP contribution in [0.4, 0.5) is 11.6 Å². The predicted octanol–water partition coefficient (Wildman–Crippen LogP) is 2.54. The molecule has 0 saturated carbocycles. The van der Waals surface area contributed by atoms with E-state index in [-0.39, 0.29) is 0 Å². The molecule has 0 radical (unpaired) electrons. The molecule has 2 heterocycles. The van der Waals surface area contributed by atoms with Crippen LogP contribution in [0.25, 0.3) is 0 Å². The van der Waals surface area contributed by atoms with Gasteiger partial charge in [-0.15, -0.1) is 0 Å². The SMILES string of the molecule is CCCc1nc(N)c(C)c(NCc2nc(C)c(C)o2)n1. The van der Waals surface area contributed by atoms with Gasteiger partial charge in [0.2, 0.25) is 5.89 Å². The first-order chi connectivity index (χ1) is 9.51. The molecule has 0 aliphatic heterocycles. The van der Waals surface area contributed by atoms with Gasteiger partial charge in [0.05, 0.1) is 12.2 Å². The molecule has 0 aliphatic rings. The van der Waals surface area contributed by atoms with Crippen molar-refractivity contribution in [3.8, 4) is 0 Å². The van der Waals surface area contributed by atoms with E-state index in [2.05, 4.69) is 27.2 Å². The summed E-state index contributed by atoms with van der Waals surface area (Å²) in [7, 11) is 0. The number of nitrogens with zero attached hydrogens (tertiary/aromatic N) is 3. The van der Waals surface area contributed by atoms with Gasteiger partial charge in [0.1, 0.15) is 23.2 Å². The molecule has 108 valence electrons. The molecule has 6 nitrogen and oxygen atoms in total. The van der Waals surface area contributed by atoms with E-state index in [0.29, 0.717) is 18.3 Å². The highest BCUT2D eigenvalue weighted by Gasteiger charge is 2.10. The van der Waals surface area contributed by atoms with Crippen molar-refractivity contribution < 1.29 is 4.42 Å². The molecule has 0 atom stereocenters. The van der Waals surface area contributed by atoms with Crippen molar-refractivity contribution in [3.05, 3.63) is 28.7 Å². The highest BCUT2D eigenvalue weighted by molar-refractivity contribution is 5.54. The molecule has 0 spiro atoms. The quantitative estimate of drug-likeness (QED) is 0.871. The van der Waals surface area contributed by atoms with Crippen molar-refractivity contribution in [1.29, 1.82) is 0 Å². The van der Waals surface area contributed by atoms with Gasteiger partial charge in [0, 0.05) is 12.0 Å². The molecule has 6 heteroatoms. The topological polar surface area (TPSA) is 89.9 Å². The van der Waals surface area contributed by atoms with E-state index in [1.165, 1.54) is 0 Å². The Bertz CT molecular complexity index is 586. The van der Waals surface area contributed by atoms with Crippen molar-refractivity contribution in [2.75, 3.05) is 11.1 Å². The van der Waals surface area contributed by atoms with Crippen LogP contribution >= 0.6 is 0 Å². The van der Waals surface area contributed by atoms with Crippen LogP contribution in [0.5, 0.6) is 0 Å². The standard InChI is InChI=1S/C14H21N5O/c1-5-6-11-18-13(15)8(2)14(19-11)16-7-12-17-9(3)10(4)20-12/h5-7H2,1-4H3,(H3,15,16,18,19). The maximum atomic E-state index is 5.92. The summed E-state index contributed by atoms with van der Waals surface area (Å²) in [6.07, 6.45) is 1.80. The van der Waals surface area contributed by atoms with E-state index in [1.807, 2.05) is 20.8 Å². The summed E-state index contributed by atoms with van der Waals surface area (Å²) in [4.78, 5) is 13.1. The summed E-state index contributed by atoms with van der Waals surface area (Å²) in [6, 6.07) is 0. The average Bonchev–Trinajstić information content (AvgIpc) is 2.71. The first kappa shape index (κ1) is 14.3. The van der Waals surface area contributed by atoms with Crippen LogP contribution < -0.4 is 11.1 Å². The van der Waals surface area contributed by atoms with Crippen LogP contribution in [0.3, 0.4) is 0 Å². The second-order valence-corrected chi connectivity index (χ2v) is 4.85. The van der Waals surface area contributed by atoms with Crippen LogP contribution in [-0.2, 0) is 13.0 Å². The smallest absolute Gasteiger partial charge is 0.213 e. The van der Waals surface area contributed by atoms with Gasteiger partial charge < -0.3 is 15.5 Å². The highest BCUT2D eigenvalue weighted by Crippen LogP contribution is 2.19. The van der Waals surface area contributed by atoms with Crippen molar-refractivity contribution >= 4 is 11.6 Å². The van der Waals surface area contributed by atoms with Crippen LogP contribution in [-0.4, -0.2) is 15.0 Å². The van der Waals surface area contributed by atoms with E-state index in [0.717, 1.165) is 41.5 Å². The van der Waals surface area contributed by atoms with Gasteiger partial charge in [0.25, 0.3) is 0 Å². The molecule has 2 rings (SSSR count). The summed E-state index contributed by atoms with van der Waals surface area (Å²) in [5.74, 6) is 3.51. The summed E-state index contributed by atoms with van der Waals surface area (Å²) in [5.41, 5.74) is 7.68. The first-order valence-corrected chi connectivity index (χ1v) is 6.81. The molecule has 0 aliphatic carbocycles. The Hall–Kier alpha value is -2.11. The Morgan fingerprint density at radius 3 is 2.50 bits per heavy atom. The summed E-state index contributed by atoms with van der Waals surface area (Å²) >= 11 is 0. The molecular formula is C14H21N5O. The Balaban J connectivity index is 2.15. The maximum Gasteiger partial charge on any atom is 0.213 e. The molecule has 0 bridgehead atoms. The lowest BCUT2D eigenvalue weighted by Crippen LogP contribution is -2.09. The summed E-state index contributed by atoms with van der Waals surface area (Å²) in [6.45, 7) is 8.30. The fourth-order valence-electron chi connectivity index (χ4n) is 1.86. The van der Waals surface area contributed by atoms with E-state index < -0.39 is 0 Å². The van der Waals surface area contributed by atoms with Gasteiger partial charge in [-0.05, 0) is 27.2 Å². The molecule has 2 aromatic rings. The zero-order chi connectivity index (χ0) is 14.7. The minimum absolute atomic E-state index is 0.484. The van der Waals surface area contributed by atoms with E-state index in [9.17, 15) is 0 Å². The normalized spacial score (nSPS) is 10.8. The lowest BCUT2D eigenvalue weighted by Gasteiger charge is -2.10. The third-order valence-corrected chi connectivity index (χ3v) is 3.18. The van der Waals surface area contributed by atoms with E-state index >= 15 is 0 Å². The molecule has 0 fully saturated rings. The number of hydrogen-bond acceptors (Lipinski definition) is 6. The molecule has 0 saturated heterocycles. The number of nitrogens with two attached hydrogens (primary N) is 1. The molecule has 0 unspecified atom stereocenters. The second-order valence-electron chi connectivity index (χ2n) is 4.85. The fraction of sp³-hybridized carbons (Fsp3) is 0.500. The van der Waals surface area contributed by atoms with Gasteiger partial charge in [-0.25, -0.2) is 15.0 Å². The van der Waals surface area contributed by atoms with Crippen molar-refractivity contribution in [2.24, 2.45) is 0 Å². The van der Waals surface area contributed by atoms with Crippen LogP contribution in [0.15, 0.2) is 4.42 Å². The molecular weight excluding hydrogens is 254 g/mol. The van der Waals surface area contributed by atoms with Crippen molar-refractivity contribution in [3.63, 3.8) is 0 Å². The predicted molar refractivity (Wildman–Crippen MR) is 78.5 cm³/mol. The molecule has 0 amide bonds. The number of oxazole rings is 1. The number of aromatic nitrogens is 3. The van der Waals surface area contributed by atoms with E-state index in [4.69, 9.17) is 10.2 Å². The molecule has 2 aromatic heterocycles. The highest BCUT2D eigenvalue weighted by atomic mass is 16.4. The van der Waals surface area contributed by atoms with Crippen LogP contribution in [0, 0.1) is 20.8 Å². The minimum Gasteiger partial charge on any atom is -0.444 e. The lowest BCUT2D eigenvalue weighted by atomic mass is 10.2. The zero-order valence-corrected chi connectivity index (χ0v) is 12.4. The monoisotopic (exact) mass is 275 g/mol. The Morgan fingerprint density at radius 2 is 1.90 bits per heavy atom. The average molecular weight is 275 g/mol. The van der Waals surface area contributed by atoms with E-state index in [1.54, 1.807) is 0 Å². The summed E-state index contributed by atoms with van der Waals surface area (Å²) < 4.78 is 5.54. The lowest BCUT2D eigenvalue weighted by molar-refractivity contribution is 0.478. The van der Waals surface area contributed by atoms with Gasteiger partial charge in [-0.1, -0.05) is 6.92 Å². The first-order valence-electron chi connectivity index (χ1n) is 6.81. The number of nitrogens with one attached hydrogen (secondary N) is 1. The van der Waals surface area contributed by atoms with Gasteiger partial charge in [-0.2, -0.15) is 0 Å². The second kappa shape index (κ2) is 5.90. The zero-order valence-electron chi connectivity index (χ0n) is 12.4. The number of hydrogen-bond donors (Lipinski definition) is 2. The van der Waals surface area contributed by atoms with Crippen molar-refractivity contribution in [1.82, 2.24) is 15.0 Å². The number of nitrogen functional groups attached to an aromatic ring is 1. The molecule has 0 aromatic carbocycles. The van der Waals surface area contributed by atoms with Crippen molar-refractivity contribution in [2.45, 2.75) is 47.1 Å². The molecule has 3 N–H and O–H groups in total. The number of aryl methyl sites for hydroxylation is 3. The Morgan fingerprint density at radius 1 is 1.15 bits per heavy atom.